The molecule has 8 heteroatoms. The van der Waals surface area contributed by atoms with E-state index in [1.807, 2.05) is 0 Å². The molecule has 3 aromatic rings. The van der Waals surface area contributed by atoms with E-state index in [1.54, 1.807) is 0 Å². The number of halogens is 2. The van der Waals surface area contributed by atoms with Crippen LogP contribution in [0.3, 0.4) is 0 Å². The van der Waals surface area contributed by atoms with Gasteiger partial charge in [-0.05, 0) is 60.7 Å². The van der Waals surface area contributed by atoms with Crippen molar-refractivity contribution in [3.8, 4) is 0 Å². The summed E-state index contributed by atoms with van der Waals surface area (Å²) in [6.07, 6.45) is 0. The molecule has 6 nitrogen and oxygen atoms in total. The zero-order valence-corrected chi connectivity index (χ0v) is 16.6. The maximum Gasteiger partial charge on any atom is 0.336 e. The molecule has 0 fully saturated rings. The van der Waals surface area contributed by atoms with Crippen molar-refractivity contribution >= 4 is 46.7 Å². The minimum atomic E-state index is -1.48. The van der Waals surface area contributed by atoms with Crippen LogP contribution in [0.15, 0.2) is 60.7 Å². The Labute approximate surface area is 180 Å². The first-order chi connectivity index (χ1) is 14.2. The highest BCUT2D eigenvalue weighted by molar-refractivity contribution is 6.31. The van der Waals surface area contributed by atoms with Gasteiger partial charge in [0.05, 0.1) is 11.1 Å². The molecule has 2 N–H and O–H groups in total. The van der Waals surface area contributed by atoms with E-state index >= 15 is 0 Å². The number of rotatable bonds is 6. The predicted molar refractivity (Wildman–Crippen MR) is 110 cm³/mol. The molecule has 0 spiro atoms. The van der Waals surface area contributed by atoms with Gasteiger partial charge in [-0.3, -0.25) is 9.59 Å². The molecular weight excluding hydrogens is 431 g/mol. The molecule has 0 bridgehead atoms. The highest BCUT2D eigenvalue weighted by Crippen LogP contribution is 2.24. The molecule has 0 saturated carbocycles. The van der Waals surface area contributed by atoms with Crippen LogP contribution in [-0.4, -0.2) is 33.7 Å². The Morgan fingerprint density at radius 2 is 0.833 bits per heavy atom. The number of carboxylic acids is 2. The van der Waals surface area contributed by atoms with Gasteiger partial charge in [0.25, 0.3) is 0 Å². The van der Waals surface area contributed by atoms with Gasteiger partial charge in [-0.25, -0.2) is 9.59 Å². The SMILES string of the molecule is O=C(O)c1cc(C(=O)c2ccc(Cl)cc2)c(C(=O)O)cc1C(=O)c1ccc(Cl)cc1. The third kappa shape index (κ3) is 4.25. The third-order valence-corrected chi connectivity index (χ3v) is 4.82. The molecule has 3 rings (SSSR count). The standard InChI is InChI=1S/C22H12Cl2O6/c23-13-5-1-11(2-6-13)19(25)15-9-18(22(29)30)16(10-17(15)21(27)28)20(26)12-3-7-14(24)8-4-12/h1-10H,(H,27,28)(H,29,30). The lowest BCUT2D eigenvalue weighted by Crippen LogP contribution is -2.17. The van der Waals surface area contributed by atoms with Gasteiger partial charge in [-0.2, -0.15) is 0 Å². The Hall–Kier alpha value is -3.48. The maximum atomic E-state index is 12.8. The van der Waals surface area contributed by atoms with Gasteiger partial charge >= 0.3 is 11.9 Å². The molecule has 0 aliphatic carbocycles. The molecule has 150 valence electrons. The molecule has 0 radical (unpaired) electrons. The average Bonchev–Trinajstić information content (AvgIpc) is 2.72. The fourth-order valence-electron chi connectivity index (χ4n) is 2.84. The van der Waals surface area contributed by atoms with Crippen molar-refractivity contribution in [2.24, 2.45) is 0 Å². The summed E-state index contributed by atoms with van der Waals surface area (Å²) in [6, 6.07) is 13.2. The summed E-state index contributed by atoms with van der Waals surface area (Å²) >= 11 is 11.6. The average molecular weight is 443 g/mol. The zero-order chi connectivity index (χ0) is 22.0. The van der Waals surface area contributed by atoms with E-state index in [0.717, 1.165) is 12.1 Å². The summed E-state index contributed by atoms with van der Waals surface area (Å²) in [5, 5.41) is 19.9. The topological polar surface area (TPSA) is 109 Å². The molecule has 0 amide bonds. The van der Waals surface area contributed by atoms with Crippen LogP contribution in [0.25, 0.3) is 0 Å². The molecule has 0 aliphatic rings. The van der Waals surface area contributed by atoms with E-state index in [4.69, 9.17) is 23.2 Å². The molecule has 30 heavy (non-hydrogen) atoms. The highest BCUT2D eigenvalue weighted by atomic mass is 35.5. The summed E-state index contributed by atoms with van der Waals surface area (Å²) < 4.78 is 0. The van der Waals surface area contributed by atoms with Gasteiger partial charge < -0.3 is 10.2 Å². The van der Waals surface area contributed by atoms with E-state index in [1.165, 1.54) is 48.5 Å². The van der Waals surface area contributed by atoms with Gasteiger partial charge in [-0.1, -0.05) is 23.2 Å². The number of carboxylic acid groups (broad SMARTS) is 2. The first-order valence-electron chi connectivity index (χ1n) is 8.44. The normalized spacial score (nSPS) is 10.5. The smallest absolute Gasteiger partial charge is 0.336 e. The fraction of sp³-hybridized carbons (Fsp3) is 0. The van der Waals surface area contributed by atoms with Crippen molar-refractivity contribution < 1.29 is 29.4 Å². The van der Waals surface area contributed by atoms with Crippen LogP contribution >= 0.6 is 23.2 Å². The Balaban J connectivity index is 2.19. The van der Waals surface area contributed by atoms with Crippen LogP contribution in [0.1, 0.15) is 52.6 Å². The Bertz CT molecular complexity index is 1090. The highest BCUT2D eigenvalue weighted by Gasteiger charge is 2.26. The molecule has 0 heterocycles. The van der Waals surface area contributed by atoms with Crippen molar-refractivity contribution in [3.05, 3.63) is 104 Å². The van der Waals surface area contributed by atoms with Gasteiger partial charge in [0.1, 0.15) is 0 Å². The summed E-state index contributed by atoms with van der Waals surface area (Å²) in [4.78, 5) is 49.3. The predicted octanol–water partition coefficient (Wildman–Crippen LogP) is 4.85. The molecule has 0 saturated heterocycles. The van der Waals surface area contributed by atoms with Crippen LogP contribution < -0.4 is 0 Å². The van der Waals surface area contributed by atoms with E-state index < -0.39 is 34.6 Å². The first-order valence-corrected chi connectivity index (χ1v) is 9.20. The fourth-order valence-corrected chi connectivity index (χ4v) is 3.09. The molecular formula is C22H12Cl2O6. The summed E-state index contributed by atoms with van der Waals surface area (Å²) in [7, 11) is 0. The van der Waals surface area contributed by atoms with Gasteiger partial charge in [0.15, 0.2) is 11.6 Å². The Kier molecular flexibility index (Phi) is 6.01. The van der Waals surface area contributed by atoms with Gasteiger partial charge in [-0.15, -0.1) is 0 Å². The van der Waals surface area contributed by atoms with Crippen LogP contribution in [0.2, 0.25) is 10.0 Å². The minimum Gasteiger partial charge on any atom is -0.478 e. The Morgan fingerprint density at radius 3 is 1.10 bits per heavy atom. The van der Waals surface area contributed by atoms with Crippen LogP contribution in [0.5, 0.6) is 0 Å². The second-order valence-corrected chi connectivity index (χ2v) is 7.10. The molecule has 0 unspecified atom stereocenters. The first kappa shape index (κ1) is 21.2. The summed E-state index contributed by atoms with van der Waals surface area (Å²) in [5.74, 6) is -4.38. The van der Waals surface area contributed by atoms with Crippen molar-refractivity contribution in [3.63, 3.8) is 0 Å². The third-order valence-electron chi connectivity index (χ3n) is 4.32. The van der Waals surface area contributed by atoms with Crippen molar-refractivity contribution in [2.45, 2.75) is 0 Å². The number of carbonyl (C=O) groups is 4. The number of aromatic carboxylic acids is 2. The largest absolute Gasteiger partial charge is 0.478 e. The van der Waals surface area contributed by atoms with Crippen LogP contribution in [0.4, 0.5) is 0 Å². The summed E-state index contributed by atoms with van der Waals surface area (Å²) in [6.45, 7) is 0. The van der Waals surface area contributed by atoms with Gasteiger partial charge in [0.2, 0.25) is 0 Å². The lowest BCUT2D eigenvalue weighted by Gasteiger charge is -2.12. The molecule has 0 atom stereocenters. The zero-order valence-electron chi connectivity index (χ0n) is 15.1. The van der Waals surface area contributed by atoms with E-state index in [2.05, 4.69) is 0 Å². The number of ketones is 2. The van der Waals surface area contributed by atoms with Crippen LogP contribution in [0, 0.1) is 0 Å². The minimum absolute atomic E-state index is 0.120. The van der Waals surface area contributed by atoms with Crippen molar-refractivity contribution in [1.82, 2.24) is 0 Å². The number of hydrogen-bond donors (Lipinski definition) is 2. The van der Waals surface area contributed by atoms with Crippen LogP contribution in [-0.2, 0) is 0 Å². The monoisotopic (exact) mass is 442 g/mol. The van der Waals surface area contributed by atoms with Gasteiger partial charge in [0, 0.05) is 32.3 Å². The number of hydrogen-bond acceptors (Lipinski definition) is 4. The second kappa shape index (κ2) is 8.49. The molecule has 0 aliphatic heterocycles. The second-order valence-electron chi connectivity index (χ2n) is 6.23. The number of carbonyl (C=O) groups excluding carboxylic acids is 2. The van der Waals surface area contributed by atoms with Crippen molar-refractivity contribution in [2.75, 3.05) is 0 Å². The maximum absolute atomic E-state index is 12.8. The van der Waals surface area contributed by atoms with E-state index in [9.17, 15) is 29.4 Å². The van der Waals surface area contributed by atoms with E-state index in [-0.39, 0.29) is 22.3 Å². The lowest BCUT2D eigenvalue weighted by atomic mass is 9.90. The van der Waals surface area contributed by atoms with Crippen molar-refractivity contribution in [1.29, 1.82) is 0 Å². The molecule has 3 aromatic carbocycles. The Morgan fingerprint density at radius 1 is 0.533 bits per heavy atom. The lowest BCUT2D eigenvalue weighted by molar-refractivity contribution is 0.0677. The quantitative estimate of drug-likeness (QED) is 0.528. The number of benzene rings is 3. The summed E-state index contributed by atoms with van der Waals surface area (Å²) in [5.41, 5.74) is -1.44. The molecule has 0 aromatic heterocycles. The van der Waals surface area contributed by atoms with E-state index in [0.29, 0.717) is 10.0 Å².